The molecule has 0 spiro atoms. The SMILES string of the molecule is CCOc1ccc(NC(=O)CNC(=O)CCCNC)cc1. The lowest BCUT2D eigenvalue weighted by molar-refractivity contribution is -0.124. The molecule has 0 saturated heterocycles. The van der Waals surface area contributed by atoms with E-state index < -0.39 is 0 Å². The number of carbonyl (C=O) groups excluding carboxylic acids is 2. The van der Waals surface area contributed by atoms with Gasteiger partial charge in [-0.2, -0.15) is 0 Å². The molecular formula is C15H23N3O3. The molecule has 0 radical (unpaired) electrons. The predicted octanol–water partition coefficient (Wildman–Crippen LogP) is 1.14. The molecule has 6 heteroatoms. The number of amides is 2. The number of nitrogens with one attached hydrogen (secondary N) is 3. The van der Waals surface area contributed by atoms with E-state index in [9.17, 15) is 9.59 Å². The summed E-state index contributed by atoms with van der Waals surface area (Å²) in [6, 6.07) is 7.10. The first-order valence-electron chi connectivity index (χ1n) is 7.09. The van der Waals surface area contributed by atoms with Crippen molar-refractivity contribution in [1.82, 2.24) is 10.6 Å². The maximum atomic E-state index is 11.7. The van der Waals surface area contributed by atoms with Crippen molar-refractivity contribution in [3.8, 4) is 5.75 Å². The van der Waals surface area contributed by atoms with E-state index in [0.29, 0.717) is 18.7 Å². The summed E-state index contributed by atoms with van der Waals surface area (Å²) in [5, 5.41) is 8.27. The van der Waals surface area contributed by atoms with Crippen molar-refractivity contribution in [3.63, 3.8) is 0 Å². The van der Waals surface area contributed by atoms with E-state index in [-0.39, 0.29) is 18.4 Å². The molecule has 1 aromatic rings. The van der Waals surface area contributed by atoms with Crippen molar-refractivity contribution in [1.29, 1.82) is 0 Å². The van der Waals surface area contributed by atoms with Crippen molar-refractivity contribution in [2.75, 3.05) is 32.1 Å². The Morgan fingerprint density at radius 2 is 1.86 bits per heavy atom. The van der Waals surface area contributed by atoms with Crippen LogP contribution in [0, 0.1) is 0 Å². The number of anilines is 1. The van der Waals surface area contributed by atoms with Crippen LogP contribution in [0.2, 0.25) is 0 Å². The first kappa shape index (κ1) is 17.0. The van der Waals surface area contributed by atoms with E-state index in [2.05, 4.69) is 16.0 Å². The quantitative estimate of drug-likeness (QED) is 0.597. The van der Waals surface area contributed by atoms with E-state index >= 15 is 0 Å². The van der Waals surface area contributed by atoms with Gasteiger partial charge in [0.15, 0.2) is 0 Å². The fourth-order valence-corrected chi connectivity index (χ4v) is 1.70. The van der Waals surface area contributed by atoms with E-state index in [1.807, 2.05) is 14.0 Å². The lowest BCUT2D eigenvalue weighted by atomic mass is 10.3. The molecule has 2 amide bonds. The molecule has 0 aliphatic heterocycles. The zero-order valence-electron chi connectivity index (χ0n) is 12.6. The Morgan fingerprint density at radius 1 is 1.14 bits per heavy atom. The number of hydrogen-bond acceptors (Lipinski definition) is 4. The van der Waals surface area contributed by atoms with Crippen LogP contribution in [0.25, 0.3) is 0 Å². The summed E-state index contributed by atoms with van der Waals surface area (Å²) in [7, 11) is 1.84. The lowest BCUT2D eigenvalue weighted by Crippen LogP contribution is -2.33. The molecule has 0 saturated carbocycles. The fourth-order valence-electron chi connectivity index (χ4n) is 1.70. The molecular weight excluding hydrogens is 270 g/mol. The average Bonchev–Trinajstić information content (AvgIpc) is 2.48. The zero-order chi connectivity index (χ0) is 15.5. The average molecular weight is 293 g/mol. The van der Waals surface area contributed by atoms with Crippen molar-refractivity contribution in [3.05, 3.63) is 24.3 Å². The van der Waals surface area contributed by atoms with Crippen molar-refractivity contribution in [2.45, 2.75) is 19.8 Å². The minimum atomic E-state index is -0.249. The monoisotopic (exact) mass is 293 g/mol. The molecule has 0 heterocycles. The maximum absolute atomic E-state index is 11.7. The highest BCUT2D eigenvalue weighted by Gasteiger charge is 2.05. The minimum Gasteiger partial charge on any atom is -0.494 e. The third kappa shape index (κ3) is 7.31. The third-order valence-corrected chi connectivity index (χ3v) is 2.73. The smallest absolute Gasteiger partial charge is 0.243 e. The van der Waals surface area contributed by atoms with E-state index in [0.717, 1.165) is 18.7 Å². The second-order valence-electron chi connectivity index (χ2n) is 4.49. The summed E-state index contributed by atoms with van der Waals surface area (Å²) in [6.07, 6.45) is 1.17. The molecule has 0 bridgehead atoms. The van der Waals surface area contributed by atoms with E-state index in [4.69, 9.17) is 4.74 Å². The highest BCUT2D eigenvalue weighted by Crippen LogP contribution is 2.15. The molecule has 3 N–H and O–H groups in total. The molecule has 0 unspecified atom stereocenters. The summed E-state index contributed by atoms with van der Waals surface area (Å²) in [5.74, 6) is 0.390. The van der Waals surface area contributed by atoms with Gasteiger partial charge in [0.05, 0.1) is 13.2 Å². The third-order valence-electron chi connectivity index (χ3n) is 2.73. The van der Waals surface area contributed by atoms with Crippen LogP contribution in [-0.4, -0.2) is 38.6 Å². The Bertz CT molecular complexity index is 446. The van der Waals surface area contributed by atoms with Crippen LogP contribution in [0.4, 0.5) is 5.69 Å². The number of hydrogen-bond donors (Lipinski definition) is 3. The molecule has 21 heavy (non-hydrogen) atoms. The number of benzene rings is 1. The van der Waals surface area contributed by atoms with E-state index in [1.165, 1.54) is 0 Å². The summed E-state index contributed by atoms with van der Waals surface area (Å²) in [4.78, 5) is 23.1. The number of carbonyl (C=O) groups is 2. The van der Waals surface area contributed by atoms with Gasteiger partial charge in [-0.25, -0.2) is 0 Å². The van der Waals surface area contributed by atoms with Gasteiger partial charge in [-0.15, -0.1) is 0 Å². The Morgan fingerprint density at radius 3 is 2.48 bits per heavy atom. The highest BCUT2D eigenvalue weighted by atomic mass is 16.5. The summed E-state index contributed by atoms with van der Waals surface area (Å²) in [5.41, 5.74) is 0.674. The number of rotatable bonds is 9. The van der Waals surface area contributed by atoms with E-state index in [1.54, 1.807) is 24.3 Å². The lowest BCUT2D eigenvalue weighted by Gasteiger charge is -2.08. The first-order valence-corrected chi connectivity index (χ1v) is 7.09. The molecule has 0 aromatic heterocycles. The Balaban J connectivity index is 2.28. The van der Waals surface area contributed by atoms with Crippen molar-refractivity contribution in [2.24, 2.45) is 0 Å². The van der Waals surface area contributed by atoms with Gasteiger partial charge in [0.25, 0.3) is 0 Å². The summed E-state index contributed by atoms with van der Waals surface area (Å²) < 4.78 is 5.32. The van der Waals surface area contributed by atoms with Crippen molar-refractivity contribution < 1.29 is 14.3 Å². The molecule has 1 aromatic carbocycles. The Kier molecular flexibility index (Phi) is 7.89. The topological polar surface area (TPSA) is 79.5 Å². The molecule has 6 nitrogen and oxygen atoms in total. The predicted molar refractivity (Wildman–Crippen MR) is 82.4 cm³/mol. The van der Waals surface area contributed by atoms with Crippen LogP contribution in [0.5, 0.6) is 5.75 Å². The Labute approximate surface area is 125 Å². The van der Waals surface area contributed by atoms with Crippen LogP contribution in [0.3, 0.4) is 0 Å². The number of ether oxygens (including phenoxy) is 1. The van der Waals surface area contributed by atoms with Gasteiger partial charge in [0.2, 0.25) is 11.8 Å². The van der Waals surface area contributed by atoms with Gasteiger partial charge in [0.1, 0.15) is 5.75 Å². The van der Waals surface area contributed by atoms with Crippen LogP contribution in [0.1, 0.15) is 19.8 Å². The van der Waals surface area contributed by atoms with Gasteiger partial charge in [0, 0.05) is 12.1 Å². The second-order valence-corrected chi connectivity index (χ2v) is 4.49. The van der Waals surface area contributed by atoms with Crippen molar-refractivity contribution >= 4 is 17.5 Å². The van der Waals surface area contributed by atoms with Crippen LogP contribution in [-0.2, 0) is 9.59 Å². The normalized spacial score (nSPS) is 10.0. The van der Waals surface area contributed by atoms with Crippen LogP contribution >= 0.6 is 0 Å². The molecule has 0 atom stereocenters. The van der Waals surface area contributed by atoms with Gasteiger partial charge in [-0.3, -0.25) is 9.59 Å². The minimum absolute atomic E-state index is 0.0222. The molecule has 0 aliphatic rings. The molecule has 0 fully saturated rings. The van der Waals surface area contributed by atoms with Gasteiger partial charge < -0.3 is 20.7 Å². The molecule has 116 valence electrons. The summed E-state index contributed by atoms with van der Waals surface area (Å²) >= 11 is 0. The largest absolute Gasteiger partial charge is 0.494 e. The first-order chi connectivity index (χ1) is 10.2. The second kappa shape index (κ2) is 9.77. The van der Waals surface area contributed by atoms with Gasteiger partial charge in [-0.05, 0) is 51.2 Å². The van der Waals surface area contributed by atoms with Crippen LogP contribution < -0.4 is 20.7 Å². The summed E-state index contributed by atoms with van der Waals surface area (Å²) in [6.45, 7) is 3.28. The Hall–Kier alpha value is -2.08. The van der Waals surface area contributed by atoms with Crippen LogP contribution in [0.15, 0.2) is 24.3 Å². The zero-order valence-corrected chi connectivity index (χ0v) is 12.6. The van der Waals surface area contributed by atoms with Gasteiger partial charge in [-0.1, -0.05) is 0 Å². The fraction of sp³-hybridized carbons (Fsp3) is 0.467. The standard InChI is InChI=1S/C15H23N3O3/c1-3-21-13-8-6-12(7-9-13)18-15(20)11-17-14(19)5-4-10-16-2/h6-9,16H,3-5,10-11H2,1-2H3,(H,17,19)(H,18,20). The highest BCUT2D eigenvalue weighted by molar-refractivity contribution is 5.94. The molecule has 0 aliphatic carbocycles. The molecule has 1 rings (SSSR count). The maximum Gasteiger partial charge on any atom is 0.243 e. The van der Waals surface area contributed by atoms with Gasteiger partial charge >= 0.3 is 0 Å².